The fourth-order valence-electron chi connectivity index (χ4n) is 2.40. The molecule has 1 aromatic heterocycles. The topological polar surface area (TPSA) is 62.3 Å². The summed E-state index contributed by atoms with van der Waals surface area (Å²) in [5.74, 6) is 0.224. The Morgan fingerprint density at radius 1 is 1.48 bits per heavy atom. The van der Waals surface area contributed by atoms with E-state index in [1.54, 1.807) is 20.0 Å². The zero-order valence-corrected chi connectivity index (χ0v) is 14.2. The Labute approximate surface area is 133 Å². The van der Waals surface area contributed by atoms with Gasteiger partial charge in [-0.25, -0.2) is 8.42 Å². The van der Waals surface area contributed by atoms with Gasteiger partial charge in [0.05, 0.1) is 11.0 Å². The highest BCUT2D eigenvalue weighted by Crippen LogP contribution is 2.21. The predicted molar refractivity (Wildman–Crippen MR) is 87.6 cm³/mol. The third-order valence-electron chi connectivity index (χ3n) is 3.80. The van der Waals surface area contributed by atoms with Crippen LogP contribution in [0.3, 0.4) is 0 Å². The lowest BCUT2D eigenvalue weighted by Gasteiger charge is -2.36. The number of nitrogens with one attached hydrogen (secondary N) is 1. The molecule has 120 valence electrons. The molecule has 0 amide bonds. The van der Waals surface area contributed by atoms with E-state index >= 15 is 0 Å². The Kier molecular flexibility index (Phi) is 7.06. The molecule has 0 spiro atoms. The van der Waals surface area contributed by atoms with Gasteiger partial charge in [0.15, 0.2) is 9.84 Å². The molecule has 1 saturated heterocycles. The molecule has 0 aliphatic carbocycles. The van der Waals surface area contributed by atoms with Crippen molar-refractivity contribution in [1.82, 2.24) is 15.2 Å². The molecule has 1 aromatic rings. The minimum Gasteiger partial charge on any atom is -0.314 e. The Balaban J connectivity index is 0.00000220. The summed E-state index contributed by atoms with van der Waals surface area (Å²) in [4.78, 5) is 6.40. The van der Waals surface area contributed by atoms with E-state index in [1.807, 2.05) is 12.3 Å². The molecule has 21 heavy (non-hydrogen) atoms. The second kappa shape index (κ2) is 8.08. The Morgan fingerprint density at radius 3 is 2.86 bits per heavy atom. The average molecular weight is 334 g/mol. The fraction of sp³-hybridized carbons (Fsp3) is 0.643. The largest absolute Gasteiger partial charge is 0.314 e. The van der Waals surface area contributed by atoms with Gasteiger partial charge in [-0.15, -0.1) is 12.4 Å². The Hall–Kier alpha value is -0.690. The van der Waals surface area contributed by atoms with Crippen LogP contribution in [0.2, 0.25) is 0 Å². The molecule has 0 bridgehead atoms. The molecule has 1 aliphatic rings. The SMILES string of the molecule is CC(C)S(=O)(=O)CCN1CCNCC1c1cccnc1.Cl. The molecule has 0 radical (unpaired) electrons. The summed E-state index contributed by atoms with van der Waals surface area (Å²) in [5.41, 5.74) is 1.14. The molecule has 2 heterocycles. The van der Waals surface area contributed by atoms with Gasteiger partial charge in [0.1, 0.15) is 0 Å². The third-order valence-corrected chi connectivity index (χ3v) is 5.99. The van der Waals surface area contributed by atoms with Crippen LogP contribution in [0.25, 0.3) is 0 Å². The van der Waals surface area contributed by atoms with Crippen molar-refractivity contribution >= 4 is 22.2 Å². The van der Waals surface area contributed by atoms with Crippen LogP contribution in [0, 0.1) is 0 Å². The normalized spacial score (nSPS) is 20.2. The van der Waals surface area contributed by atoms with Gasteiger partial charge in [0.2, 0.25) is 0 Å². The number of nitrogens with zero attached hydrogens (tertiary/aromatic N) is 2. The monoisotopic (exact) mass is 333 g/mol. The number of hydrogen-bond donors (Lipinski definition) is 1. The van der Waals surface area contributed by atoms with E-state index in [0.29, 0.717) is 6.54 Å². The van der Waals surface area contributed by atoms with E-state index in [4.69, 9.17) is 0 Å². The summed E-state index contributed by atoms with van der Waals surface area (Å²) in [6, 6.07) is 4.18. The van der Waals surface area contributed by atoms with Crippen molar-refractivity contribution in [3.63, 3.8) is 0 Å². The quantitative estimate of drug-likeness (QED) is 0.879. The Bertz CT molecular complexity index is 522. The first-order chi connectivity index (χ1) is 9.50. The molecule has 1 atom stereocenters. The fourth-order valence-corrected chi connectivity index (χ4v) is 3.36. The van der Waals surface area contributed by atoms with Crippen molar-refractivity contribution in [2.24, 2.45) is 0 Å². The smallest absolute Gasteiger partial charge is 0.153 e. The first-order valence-electron chi connectivity index (χ1n) is 7.07. The second-order valence-electron chi connectivity index (χ2n) is 5.46. The van der Waals surface area contributed by atoms with E-state index in [1.165, 1.54) is 0 Å². The minimum absolute atomic E-state index is 0. The third kappa shape index (κ3) is 4.92. The molecular formula is C14H24ClN3O2S. The van der Waals surface area contributed by atoms with Gasteiger partial charge < -0.3 is 5.32 Å². The van der Waals surface area contributed by atoms with Crippen molar-refractivity contribution in [3.05, 3.63) is 30.1 Å². The lowest BCUT2D eigenvalue weighted by atomic mass is 10.1. The summed E-state index contributed by atoms with van der Waals surface area (Å²) in [6.45, 7) is 6.68. The van der Waals surface area contributed by atoms with Crippen molar-refractivity contribution < 1.29 is 8.42 Å². The van der Waals surface area contributed by atoms with E-state index in [2.05, 4.69) is 21.3 Å². The van der Waals surface area contributed by atoms with Crippen LogP contribution < -0.4 is 5.32 Å². The van der Waals surface area contributed by atoms with Gasteiger partial charge in [-0.3, -0.25) is 9.88 Å². The molecule has 1 fully saturated rings. The number of piperazine rings is 1. The van der Waals surface area contributed by atoms with Gasteiger partial charge in [-0.2, -0.15) is 0 Å². The van der Waals surface area contributed by atoms with Crippen LogP contribution in [0.5, 0.6) is 0 Å². The maximum absolute atomic E-state index is 12.0. The van der Waals surface area contributed by atoms with Crippen LogP contribution in [-0.4, -0.2) is 55.5 Å². The molecule has 7 heteroatoms. The van der Waals surface area contributed by atoms with Gasteiger partial charge in [-0.1, -0.05) is 6.07 Å². The van der Waals surface area contributed by atoms with E-state index in [0.717, 1.165) is 25.2 Å². The van der Waals surface area contributed by atoms with Crippen molar-refractivity contribution in [3.8, 4) is 0 Å². The van der Waals surface area contributed by atoms with Crippen molar-refractivity contribution in [2.75, 3.05) is 31.9 Å². The van der Waals surface area contributed by atoms with E-state index in [-0.39, 0.29) is 29.5 Å². The molecule has 1 N–H and O–H groups in total. The summed E-state index contributed by atoms with van der Waals surface area (Å²) in [7, 11) is -2.98. The van der Waals surface area contributed by atoms with Gasteiger partial charge in [0.25, 0.3) is 0 Å². The molecule has 1 aliphatic heterocycles. The van der Waals surface area contributed by atoms with Crippen LogP contribution in [0.1, 0.15) is 25.5 Å². The Morgan fingerprint density at radius 2 is 2.24 bits per heavy atom. The maximum atomic E-state index is 12.0. The zero-order chi connectivity index (χ0) is 14.6. The summed E-state index contributed by atoms with van der Waals surface area (Å²) in [5, 5.41) is 3.06. The second-order valence-corrected chi connectivity index (χ2v) is 8.13. The van der Waals surface area contributed by atoms with E-state index in [9.17, 15) is 8.42 Å². The van der Waals surface area contributed by atoms with Crippen LogP contribution in [0.15, 0.2) is 24.5 Å². The van der Waals surface area contributed by atoms with Crippen LogP contribution >= 0.6 is 12.4 Å². The molecule has 2 rings (SSSR count). The van der Waals surface area contributed by atoms with Crippen molar-refractivity contribution in [2.45, 2.75) is 25.1 Å². The first kappa shape index (κ1) is 18.4. The number of rotatable bonds is 5. The number of sulfone groups is 1. The highest BCUT2D eigenvalue weighted by atomic mass is 35.5. The summed E-state index contributed by atoms with van der Waals surface area (Å²) >= 11 is 0. The number of halogens is 1. The number of hydrogen-bond acceptors (Lipinski definition) is 5. The minimum atomic E-state index is -2.98. The molecule has 1 unspecified atom stereocenters. The molecule has 0 saturated carbocycles. The highest BCUT2D eigenvalue weighted by Gasteiger charge is 2.26. The standard InChI is InChI=1S/C14H23N3O2S.ClH/c1-12(2)20(18,19)9-8-17-7-6-16-11-14(17)13-4-3-5-15-10-13;/h3-5,10,12,14,16H,6-9,11H2,1-2H3;1H. The summed E-state index contributed by atoms with van der Waals surface area (Å²) < 4.78 is 23.9. The molecule has 0 aromatic carbocycles. The number of pyridine rings is 1. The van der Waals surface area contributed by atoms with Gasteiger partial charge in [0, 0.05) is 44.6 Å². The maximum Gasteiger partial charge on any atom is 0.153 e. The lowest BCUT2D eigenvalue weighted by Crippen LogP contribution is -2.47. The van der Waals surface area contributed by atoms with Gasteiger partial charge >= 0.3 is 0 Å². The average Bonchev–Trinajstić information content (AvgIpc) is 2.46. The highest BCUT2D eigenvalue weighted by molar-refractivity contribution is 7.92. The number of aromatic nitrogens is 1. The molecular weight excluding hydrogens is 310 g/mol. The van der Waals surface area contributed by atoms with Crippen molar-refractivity contribution in [1.29, 1.82) is 0 Å². The zero-order valence-electron chi connectivity index (χ0n) is 12.5. The van der Waals surface area contributed by atoms with Crippen LogP contribution in [-0.2, 0) is 9.84 Å². The lowest BCUT2D eigenvalue weighted by molar-refractivity contribution is 0.171. The van der Waals surface area contributed by atoms with Crippen LogP contribution in [0.4, 0.5) is 0 Å². The van der Waals surface area contributed by atoms with E-state index < -0.39 is 9.84 Å². The predicted octanol–water partition coefficient (Wildman–Crippen LogP) is 1.27. The summed E-state index contributed by atoms with van der Waals surface area (Å²) in [6.07, 6.45) is 3.62. The first-order valence-corrected chi connectivity index (χ1v) is 8.78. The molecule has 5 nitrogen and oxygen atoms in total. The van der Waals surface area contributed by atoms with Gasteiger partial charge in [-0.05, 0) is 25.5 Å².